The van der Waals surface area contributed by atoms with Gasteiger partial charge < -0.3 is 4.42 Å². The molecule has 0 spiro atoms. The number of hydrogen-bond acceptors (Lipinski definition) is 6. The predicted molar refractivity (Wildman–Crippen MR) is 154 cm³/mol. The van der Waals surface area contributed by atoms with E-state index in [9.17, 15) is 0 Å². The van der Waals surface area contributed by atoms with Gasteiger partial charge in [-0.1, -0.05) is 78.9 Å². The van der Waals surface area contributed by atoms with Crippen LogP contribution in [0.3, 0.4) is 0 Å². The van der Waals surface area contributed by atoms with Crippen LogP contribution in [0.25, 0.3) is 77.9 Å². The van der Waals surface area contributed by atoms with Gasteiger partial charge in [0, 0.05) is 39.9 Å². The van der Waals surface area contributed by atoms with Crippen LogP contribution in [0, 0.1) is 0 Å². The van der Waals surface area contributed by atoms with Gasteiger partial charge >= 0.3 is 0 Å². The molecule has 0 aliphatic rings. The van der Waals surface area contributed by atoms with Crippen LogP contribution in [-0.2, 0) is 0 Å². The second kappa shape index (κ2) is 8.53. The first-order valence-corrected chi connectivity index (χ1v) is 12.7. The number of nitrogens with zero attached hydrogens (tertiary/aromatic N) is 5. The lowest BCUT2D eigenvalue weighted by Gasteiger charge is -2.08. The van der Waals surface area contributed by atoms with E-state index in [1.807, 2.05) is 60.8 Å². The first-order valence-electron chi connectivity index (χ1n) is 12.7. The van der Waals surface area contributed by atoms with Gasteiger partial charge in [-0.25, -0.2) is 19.9 Å². The number of fused-ring (bicyclic) bond motifs is 6. The van der Waals surface area contributed by atoms with Gasteiger partial charge in [0.1, 0.15) is 11.2 Å². The van der Waals surface area contributed by atoms with E-state index in [1.165, 1.54) is 0 Å². The Balaban J connectivity index is 1.28. The minimum absolute atomic E-state index is 0.547. The maximum absolute atomic E-state index is 6.18. The molecule has 0 aliphatic heterocycles. The standard InChI is InChI=1S/C33H19N5O/c1-2-6-24(7-3-1)32-37-29(31-30(38-32)25-9-5-19-35-33(25)39-31)23-12-10-20(11-13-23)26-17-16-22-15-14-21-8-4-18-34-27(21)28(22)36-26/h1-19H. The van der Waals surface area contributed by atoms with Gasteiger partial charge in [0.05, 0.1) is 22.1 Å². The zero-order valence-corrected chi connectivity index (χ0v) is 20.6. The van der Waals surface area contributed by atoms with Gasteiger partial charge in [-0.2, -0.15) is 0 Å². The molecular weight excluding hydrogens is 482 g/mol. The number of hydrogen-bond donors (Lipinski definition) is 0. The molecule has 0 N–H and O–H groups in total. The van der Waals surface area contributed by atoms with Crippen molar-refractivity contribution in [3.8, 4) is 33.9 Å². The van der Waals surface area contributed by atoms with Crippen LogP contribution in [0.2, 0.25) is 0 Å². The largest absolute Gasteiger partial charge is 0.434 e. The van der Waals surface area contributed by atoms with Crippen LogP contribution in [0.5, 0.6) is 0 Å². The first kappa shape index (κ1) is 21.6. The average molecular weight is 502 g/mol. The highest BCUT2D eigenvalue weighted by Gasteiger charge is 2.18. The lowest BCUT2D eigenvalue weighted by atomic mass is 10.0. The smallest absolute Gasteiger partial charge is 0.229 e. The van der Waals surface area contributed by atoms with Gasteiger partial charge in [-0.15, -0.1) is 0 Å². The molecular formula is C33H19N5O. The summed E-state index contributed by atoms with van der Waals surface area (Å²) in [5.41, 5.74) is 8.21. The molecule has 0 saturated heterocycles. The van der Waals surface area contributed by atoms with E-state index in [0.29, 0.717) is 17.1 Å². The Bertz CT molecular complexity index is 2170. The highest BCUT2D eigenvalue weighted by atomic mass is 16.3. The van der Waals surface area contributed by atoms with E-state index in [4.69, 9.17) is 19.4 Å². The van der Waals surface area contributed by atoms with E-state index in [1.54, 1.807) is 6.20 Å². The van der Waals surface area contributed by atoms with Crippen molar-refractivity contribution in [1.82, 2.24) is 24.9 Å². The molecule has 0 radical (unpaired) electrons. The molecule has 8 rings (SSSR count). The van der Waals surface area contributed by atoms with Crippen LogP contribution < -0.4 is 0 Å². The summed E-state index contributed by atoms with van der Waals surface area (Å²) in [6.07, 6.45) is 3.53. The summed E-state index contributed by atoms with van der Waals surface area (Å²) in [4.78, 5) is 23.8. The molecule has 5 aromatic heterocycles. The fraction of sp³-hybridized carbons (Fsp3) is 0. The molecule has 5 heterocycles. The molecule has 0 unspecified atom stereocenters. The molecule has 8 aromatic rings. The third kappa shape index (κ3) is 3.54. The van der Waals surface area contributed by atoms with E-state index >= 15 is 0 Å². The van der Waals surface area contributed by atoms with E-state index in [2.05, 4.69) is 58.5 Å². The average Bonchev–Trinajstić information content (AvgIpc) is 3.39. The van der Waals surface area contributed by atoms with Crippen LogP contribution in [0.1, 0.15) is 0 Å². The summed E-state index contributed by atoms with van der Waals surface area (Å²) in [7, 11) is 0. The number of pyridine rings is 3. The van der Waals surface area contributed by atoms with Gasteiger partial charge in [0.15, 0.2) is 11.4 Å². The lowest BCUT2D eigenvalue weighted by Crippen LogP contribution is -1.94. The molecule has 39 heavy (non-hydrogen) atoms. The first-order chi connectivity index (χ1) is 19.3. The molecule has 0 fully saturated rings. The molecule has 6 heteroatoms. The Hall–Kier alpha value is -5.49. The van der Waals surface area contributed by atoms with Gasteiger partial charge in [-0.3, -0.25) is 4.98 Å². The third-order valence-electron chi connectivity index (χ3n) is 7.01. The van der Waals surface area contributed by atoms with Crippen molar-refractivity contribution in [2.45, 2.75) is 0 Å². The second-order valence-electron chi connectivity index (χ2n) is 9.38. The Morgan fingerprint density at radius 1 is 0.487 bits per heavy atom. The maximum atomic E-state index is 6.18. The Labute approximate surface area is 222 Å². The fourth-order valence-corrected chi connectivity index (χ4v) is 5.07. The van der Waals surface area contributed by atoms with Crippen molar-refractivity contribution in [3.05, 3.63) is 116 Å². The zero-order chi connectivity index (χ0) is 25.8. The monoisotopic (exact) mass is 501 g/mol. The predicted octanol–water partition coefficient (Wildman–Crippen LogP) is 7.87. The molecule has 3 aromatic carbocycles. The maximum Gasteiger partial charge on any atom is 0.229 e. The molecule has 0 amide bonds. The highest BCUT2D eigenvalue weighted by Crippen LogP contribution is 2.35. The van der Waals surface area contributed by atoms with E-state index < -0.39 is 0 Å². The number of aromatic nitrogens is 5. The van der Waals surface area contributed by atoms with Crippen molar-refractivity contribution in [2.75, 3.05) is 0 Å². The van der Waals surface area contributed by atoms with Crippen LogP contribution in [-0.4, -0.2) is 24.9 Å². The molecule has 0 aliphatic carbocycles. The SMILES string of the molecule is c1ccc(-c2nc(-c3ccc(-c4ccc5ccc6cccnc6c5n4)cc3)c3oc4ncccc4c3n2)cc1. The fourth-order valence-electron chi connectivity index (χ4n) is 5.07. The van der Waals surface area contributed by atoms with Crippen molar-refractivity contribution in [3.63, 3.8) is 0 Å². The van der Waals surface area contributed by atoms with Gasteiger partial charge in [0.2, 0.25) is 5.71 Å². The van der Waals surface area contributed by atoms with E-state index in [-0.39, 0.29) is 0 Å². The Morgan fingerprint density at radius 3 is 2.10 bits per heavy atom. The summed E-state index contributed by atoms with van der Waals surface area (Å²) in [5, 5.41) is 3.01. The Kier molecular flexibility index (Phi) is 4.72. The second-order valence-corrected chi connectivity index (χ2v) is 9.38. The van der Waals surface area contributed by atoms with Crippen molar-refractivity contribution >= 4 is 44.0 Å². The summed E-state index contributed by atoms with van der Waals surface area (Å²) < 4.78 is 6.18. The molecule has 0 bridgehead atoms. The summed E-state index contributed by atoms with van der Waals surface area (Å²) in [5.74, 6) is 0.643. The molecule has 6 nitrogen and oxygen atoms in total. The summed E-state index contributed by atoms with van der Waals surface area (Å²) in [6, 6.07) is 34.4. The zero-order valence-electron chi connectivity index (χ0n) is 20.6. The van der Waals surface area contributed by atoms with Crippen molar-refractivity contribution in [1.29, 1.82) is 0 Å². The van der Waals surface area contributed by atoms with Gasteiger partial charge in [0.25, 0.3) is 0 Å². The quantitative estimate of drug-likeness (QED) is 0.229. The summed E-state index contributed by atoms with van der Waals surface area (Å²) in [6.45, 7) is 0. The van der Waals surface area contributed by atoms with Crippen LogP contribution in [0.15, 0.2) is 120 Å². The van der Waals surface area contributed by atoms with Crippen LogP contribution >= 0.6 is 0 Å². The van der Waals surface area contributed by atoms with Crippen LogP contribution in [0.4, 0.5) is 0 Å². The number of benzene rings is 3. The number of rotatable bonds is 3. The normalized spacial score (nSPS) is 11.6. The minimum atomic E-state index is 0.547. The van der Waals surface area contributed by atoms with E-state index in [0.717, 1.165) is 60.8 Å². The summed E-state index contributed by atoms with van der Waals surface area (Å²) >= 11 is 0. The molecule has 0 saturated carbocycles. The Morgan fingerprint density at radius 2 is 1.23 bits per heavy atom. The highest BCUT2D eigenvalue weighted by molar-refractivity contribution is 6.06. The third-order valence-corrected chi connectivity index (χ3v) is 7.01. The minimum Gasteiger partial charge on any atom is -0.434 e. The number of furan rings is 1. The lowest BCUT2D eigenvalue weighted by molar-refractivity contribution is 0.652. The topological polar surface area (TPSA) is 77.6 Å². The van der Waals surface area contributed by atoms with Crippen molar-refractivity contribution in [2.24, 2.45) is 0 Å². The van der Waals surface area contributed by atoms with Gasteiger partial charge in [-0.05, 0) is 24.3 Å². The molecule has 0 atom stereocenters. The van der Waals surface area contributed by atoms with Crippen molar-refractivity contribution < 1.29 is 4.42 Å². The molecule has 182 valence electrons.